The van der Waals surface area contributed by atoms with E-state index >= 15 is 0 Å². The zero-order valence-electron chi connectivity index (χ0n) is 11.1. The Balaban J connectivity index is 2.51. The summed E-state index contributed by atoms with van der Waals surface area (Å²) in [4.78, 5) is 0. The van der Waals surface area contributed by atoms with E-state index < -0.39 is 0 Å². The van der Waals surface area contributed by atoms with Crippen LogP contribution in [-0.2, 0) is 11.2 Å². The van der Waals surface area contributed by atoms with Gasteiger partial charge in [0.05, 0.1) is 6.61 Å². The number of hydrogen-bond acceptors (Lipinski definition) is 3. The second-order valence-electron chi connectivity index (χ2n) is 4.56. The van der Waals surface area contributed by atoms with E-state index in [-0.39, 0.29) is 6.04 Å². The highest BCUT2D eigenvalue weighted by molar-refractivity contribution is 5.30. The molecule has 1 aromatic carbocycles. The first-order valence-electron chi connectivity index (χ1n) is 6.27. The molecule has 3 nitrogen and oxygen atoms in total. The zero-order chi connectivity index (χ0) is 12.7. The van der Waals surface area contributed by atoms with E-state index in [1.165, 1.54) is 16.7 Å². The van der Waals surface area contributed by atoms with Gasteiger partial charge >= 0.3 is 0 Å². The lowest BCUT2D eigenvalue weighted by Gasteiger charge is -2.16. The maximum Gasteiger partial charge on any atom is 0.0636 e. The minimum Gasteiger partial charge on any atom is -0.380 e. The SMILES string of the molecule is CCCOCC(Cc1ccc(C)c(C)c1)NN. The predicted molar refractivity (Wildman–Crippen MR) is 71.8 cm³/mol. The van der Waals surface area contributed by atoms with Gasteiger partial charge in [0.2, 0.25) is 0 Å². The summed E-state index contributed by atoms with van der Waals surface area (Å²) in [6.45, 7) is 7.83. The van der Waals surface area contributed by atoms with Crippen LogP contribution in [0.1, 0.15) is 30.0 Å². The van der Waals surface area contributed by atoms with Gasteiger partial charge in [0, 0.05) is 12.6 Å². The lowest BCUT2D eigenvalue weighted by Crippen LogP contribution is -2.40. The Morgan fingerprint density at radius 2 is 2.06 bits per heavy atom. The van der Waals surface area contributed by atoms with E-state index in [9.17, 15) is 0 Å². The molecule has 3 heteroatoms. The van der Waals surface area contributed by atoms with Gasteiger partial charge < -0.3 is 4.74 Å². The van der Waals surface area contributed by atoms with Crippen LogP contribution in [0.25, 0.3) is 0 Å². The van der Waals surface area contributed by atoms with Crippen molar-refractivity contribution >= 4 is 0 Å². The largest absolute Gasteiger partial charge is 0.380 e. The van der Waals surface area contributed by atoms with Crippen LogP contribution < -0.4 is 11.3 Å². The molecule has 0 aliphatic carbocycles. The molecule has 0 heterocycles. The quantitative estimate of drug-likeness (QED) is 0.433. The number of hydrazine groups is 1. The standard InChI is InChI=1S/C14H24N2O/c1-4-7-17-10-14(16-15)9-13-6-5-11(2)12(3)8-13/h5-6,8,14,16H,4,7,9-10,15H2,1-3H3. The van der Waals surface area contributed by atoms with Crippen molar-refractivity contribution in [3.05, 3.63) is 34.9 Å². The molecule has 0 aliphatic rings. The van der Waals surface area contributed by atoms with E-state index in [1.807, 2.05) is 0 Å². The van der Waals surface area contributed by atoms with Crippen LogP contribution >= 0.6 is 0 Å². The summed E-state index contributed by atoms with van der Waals surface area (Å²) >= 11 is 0. The molecule has 96 valence electrons. The van der Waals surface area contributed by atoms with Crippen LogP contribution in [0.5, 0.6) is 0 Å². The first kappa shape index (κ1) is 14.2. The summed E-state index contributed by atoms with van der Waals surface area (Å²) in [6, 6.07) is 6.72. The molecular formula is C14H24N2O. The number of aryl methyl sites for hydroxylation is 2. The lowest BCUT2D eigenvalue weighted by atomic mass is 10.0. The summed E-state index contributed by atoms with van der Waals surface area (Å²) in [5.74, 6) is 5.54. The van der Waals surface area contributed by atoms with E-state index in [2.05, 4.69) is 44.4 Å². The molecule has 17 heavy (non-hydrogen) atoms. The summed E-state index contributed by atoms with van der Waals surface area (Å²) in [6.07, 6.45) is 1.95. The lowest BCUT2D eigenvalue weighted by molar-refractivity contribution is 0.112. The van der Waals surface area contributed by atoms with Crippen molar-refractivity contribution in [1.82, 2.24) is 5.43 Å². The van der Waals surface area contributed by atoms with Gasteiger partial charge in [-0.3, -0.25) is 11.3 Å². The van der Waals surface area contributed by atoms with Gasteiger partial charge in [-0.2, -0.15) is 0 Å². The number of benzene rings is 1. The van der Waals surface area contributed by atoms with Crippen molar-refractivity contribution in [2.45, 2.75) is 39.7 Å². The molecule has 0 saturated heterocycles. The maximum atomic E-state index is 5.54. The van der Waals surface area contributed by atoms with Crippen molar-refractivity contribution in [2.24, 2.45) is 5.84 Å². The van der Waals surface area contributed by atoms with Gasteiger partial charge in [-0.25, -0.2) is 0 Å². The molecule has 0 fully saturated rings. The van der Waals surface area contributed by atoms with Gasteiger partial charge in [0.25, 0.3) is 0 Å². The van der Waals surface area contributed by atoms with Crippen LogP contribution in [0.3, 0.4) is 0 Å². The Morgan fingerprint density at radius 3 is 2.65 bits per heavy atom. The van der Waals surface area contributed by atoms with Crippen LogP contribution in [0.2, 0.25) is 0 Å². The van der Waals surface area contributed by atoms with Gasteiger partial charge in [-0.15, -0.1) is 0 Å². The first-order chi connectivity index (χ1) is 8.17. The van der Waals surface area contributed by atoms with Crippen molar-refractivity contribution in [3.63, 3.8) is 0 Å². The molecule has 0 amide bonds. The third-order valence-electron chi connectivity index (χ3n) is 2.96. The Bertz CT molecular complexity index is 339. The van der Waals surface area contributed by atoms with Crippen LogP contribution in [-0.4, -0.2) is 19.3 Å². The minimum atomic E-state index is 0.184. The van der Waals surface area contributed by atoms with Crippen molar-refractivity contribution in [2.75, 3.05) is 13.2 Å². The predicted octanol–water partition coefficient (Wildman–Crippen LogP) is 2.10. The van der Waals surface area contributed by atoms with Gasteiger partial charge in [-0.05, 0) is 43.4 Å². The first-order valence-corrected chi connectivity index (χ1v) is 6.27. The van der Waals surface area contributed by atoms with Crippen molar-refractivity contribution < 1.29 is 4.74 Å². The fourth-order valence-corrected chi connectivity index (χ4v) is 1.75. The minimum absolute atomic E-state index is 0.184. The number of hydrogen-bond donors (Lipinski definition) is 2. The van der Waals surface area contributed by atoms with Gasteiger partial charge in [-0.1, -0.05) is 25.1 Å². The number of nitrogens with one attached hydrogen (secondary N) is 1. The topological polar surface area (TPSA) is 47.3 Å². The highest BCUT2D eigenvalue weighted by Crippen LogP contribution is 2.11. The fourth-order valence-electron chi connectivity index (χ4n) is 1.75. The molecule has 0 aromatic heterocycles. The van der Waals surface area contributed by atoms with E-state index in [0.717, 1.165) is 19.4 Å². The molecule has 1 atom stereocenters. The fraction of sp³-hybridized carbons (Fsp3) is 0.571. The highest BCUT2D eigenvalue weighted by atomic mass is 16.5. The summed E-state index contributed by atoms with van der Waals surface area (Å²) < 4.78 is 5.52. The second-order valence-corrected chi connectivity index (χ2v) is 4.56. The maximum absolute atomic E-state index is 5.54. The Kier molecular flexibility index (Phi) is 6.19. The normalized spacial score (nSPS) is 12.7. The van der Waals surface area contributed by atoms with Gasteiger partial charge in [0.15, 0.2) is 0 Å². The van der Waals surface area contributed by atoms with Crippen LogP contribution in [0, 0.1) is 13.8 Å². The number of rotatable bonds is 7. The monoisotopic (exact) mass is 236 g/mol. The smallest absolute Gasteiger partial charge is 0.0636 e. The molecule has 1 unspecified atom stereocenters. The second kappa shape index (κ2) is 7.43. The molecule has 0 aliphatic heterocycles. The van der Waals surface area contributed by atoms with Gasteiger partial charge in [0.1, 0.15) is 0 Å². The highest BCUT2D eigenvalue weighted by Gasteiger charge is 2.08. The molecule has 0 spiro atoms. The van der Waals surface area contributed by atoms with Crippen molar-refractivity contribution in [1.29, 1.82) is 0 Å². The molecule has 1 aromatic rings. The average Bonchev–Trinajstić information content (AvgIpc) is 2.32. The van der Waals surface area contributed by atoms with Crippen molar-refractivity contribution in [3.8, 4) is 0 Å². The Morgan fingerprint density at radius 1 is 1.29 bits per heavy atom. The average molecular weight is 236 g/mol. The Hall–Kier alpha value is -0.900. The molecule has 0 saturated carbocycles. The molecule has 3 N–H and O–H groups in total. The molecule has 1 rings (SSSR count). The van der Waals surface area contributed by atoms with E-state index in [0.29, 0.717) is 6.61 Å². The van der Waals surface area contributed by atoms with Crippen LogP contribution in [0.4, 0.5) is 0 Å². The molecular weight excluding hydrogens is 212 g/mol. The number of nitrogens with two attached hydrogens (primary N) is 1. The summed E-state index contributed by atoms with van der Waals surface area (Å²) in [7, 11) is 0. The summed E-state index contributed by atoms with van der Waals surface area (Å²) in [5.41, 5.74) is 6.77. The van der Waals surface area contributed by atoms with Crippen LogP contribution in [0.15, 0.2) is 18.2 Å². The molecule has 0 radical (unpaired) electrons. The summed E-state index contributed by atoms with van der Waals surface area (Å²) in [5, 5.41) is 0. The third-order valence-corrected chi connectivity index (χ3v) is 2.96. The third kappa shape index (κ3) is 4.86. The van der Waals surface area contributed by atoms with E-state index in [4.69, 9.17) is 10.6 Å². The zero-order valence-corrected chi connectivity index (χ0v) is 11.1. The molecule has 0 bridgehead atoms. The number of ether oxygens (including phenoxy) is 1. The Labute approximate surface area is 104 Å². The van der Waals surface area contributed by atoms with E-state index in [1.54, 1.807) is 0 Å².